The number of rotatable bonds is 1. The number of phenols is 1. The van der Waals surface area contributed by atoms with E-state index in [2.05, 4.69) is 0 Å². The van der Waals surface area contributed by atoms with Crippen LogP contribution in [0.5, 0.6) is 5.75 Å². The molecule has 1 aromatic rings. The van der Waals surface area contributed by atoms with Crippen LogP contribution in [0.4, 0.5) is 10.5 Å². The van der Waals surface area contributed by atoms with Gasteiger partial charge < -0.3 is 9.84 Å². The highest BCUT2D eigenvalue weighted by Gasteiger charge is 2.50. The van der Waals surface area contributed by atoms with Crippen LogP contribution in [-0.4, -0.2) is 23.3 Å². The summed E-state index contributed by atoms with van der Waals surface area (Å²) in [5, 5.41) is 9.68. The van der Waals surface area contributed by atoms with Gasteiger partial charge in [-0.25, -0.2) is 4.79 Å². The number of nitrogens with zero attached hydrogens (tertiary/aromatic N) is 1. The number of hydrogen-bond acceptors (Lipinski definition) is 3. The van der Waals surface area contributed by atoms with Crippen LogP contribution in [0.25, 0.3) is 0 Å². The zero-order chi connectivity index (χ0) is 11.2. The Morgan fingerprint density at radius 3 is 2.62 bits per heavy atom. The lowest BCUT2D eigenvalue weighted by Gasteiger charge is -2.32. The number of hydrogen-bond donors (Lipinski definition) is 1. The van der Waals surface area contributed by atoms with E-state index in [1.54, 1.807) is 24.3 Å². The Balaban J connectivity index is 1.86. The Bertz CT molecular complexity index is 440. The monoisotopic (exact) mass is 219 g/mol. The zero-order valence-electron chi connectivity index (χ0n) is 8.85. The first-order chi connectivity index (χ1) is 7.70. The molecule has 3 rings (SSSR count). The minimum Gasteiger partial charge on any atom is -0.506 e. The van der Waals surface area contributed by atoms with Crippen LogP contribution in [0.15, 0.2) is 24.3 Å². The summed E-state index contributed by atoms with van der Waals surface area (Å²) in [4.78, 5) is 13.3. The maximum absolute atomic E-state index is 11.8. The quantitative estimate of drug-likeness (QED) is 0.788. The lowest BCUT2D eigenvalue weighted by atomic mass is 10.1. The first-order valence-electron chi connectivity index (χ1n) is 5.49. The Morgan fingerprint density at radius 1 is 1.25 bits per heavy atom. The van der Waals surface area contributed by atoms with Crippen molar-refractivity contribution in [3.05, 3.63) is 24.3 Å². The molecule has 84 valence electrons. The second-order valence-electron chi connectivity index (χ2n) is 4.44. The van der Waals surface area contributed by atoms with Crippen LogP contribution in [0.3, 0.4) is 0 Å². The van der Waals surface area contributed by atoms with Crippen LogP contribution in [0.2, 0.25) is 0 Å². The maximum atomic E-state index is 11.8. The van der Waals surface area contributed by atoms with Gasteiger partial charge in [-0.1, -0.05) is 12.1 Å². The van der Waals surface area contributed by atoms with Gasteiger partial charge in [0.25, 0.3) is 0 Å². The molecule has 4 heteroatoms. The first-order valence-corrected chi connectivity index (χ1v) is 5.49. The summed E-state index contributed by atoms with van der Waals surface area (Å²) < 4.78 is 5.38. The number of carbonyl (C=O) groups is 1. The SMILES string of the molecule is O=C1OC2(CCN1c1ccccc1O)CC2. The summed E-state index contributed by atoms with van der Waals surface area (Å²) in [5.41, 5.74) is 0.362. The van der Waals surface area contributed by atoms with Crippen molar-refractivity contribution in [2.24, 2.45) is 0 Å². The summed E-state index contributed by atoms with van der Waals surface area (Å²) in [5.74, 6) is 0.117. The lowest BCUT2D eigenvalue weighted by Crippen LogP contribution is -2.43. The van der Waals surface area contributed by atoms with Crippen LogP contribution in [0.1, 0.15) is 19.3 Å². The van der Waals surface area contributed by atoms with Crippen molar-refractivity contribution in [2.45, 2.75) is 24.9 Å². The van der Waals surface area contributed by atoms with Crippen LogP contribution in [-0.2, 0) is 4.74 Å². The predicted octanol–water partition coefficient (Wildman–Crippen LogP) is 2.27. The Kier molecular flexibility index (Phi) is 1.87. The van der Waals surface area contributed by atoms with E-state index in [1.807, 2.05) is 0 Å². The van der Waals surface area contributed by atoms with E-state index in [0.29, 0.717) is 12.2 Å². The van der Waals surface area contributed by atoms with Gasteiger partial charge in [-0.3, -0.25) is 4.90 Å². The molecule has 2 fully saturated rings. The van der Waals surface area contributed by atoms with Gasteiger partial charge in [-0.2, -0.15) is 0 Å². The van der Waals surface area contributed by atoms with E-state index in [-0.39, 0.29) is 17.4 Å². The minimum atomic E-state index is -0.342. The van der Waals surface area contributed by atoms with Crippen molar-refractivity contribution < 1.29 is 14.6 Å². The highest BCUT2D eigenvalue weighted by molar-refractivity contribution is 5.90. The zero-order valence-corrected chi connectivity index (χ0v) is 8.85. The van der Waals surface area contributed by atoms with E-state index < -0.39 is 0 Å². The molecule has 1 amide bonds. The predicted molar refractivity (Wildman–Crippen MR) is 58.5 cm³/mol. The number of aromatic hydroxyl groups is 1. The lowest BCUT2D eigenvalue weighted by molar-refractivity contribution is 0.0682. The minimum absolute atomic E-state index is 0.117. The third-order valence-electron chi connectivity index (χ3n) is 3.30. The largest absolute Gasteiger partial charge is 0.506 e. The van der Waals surface area contributed by atoms with Crippen molar-refractivity contribution in [1.82, 2.24) is 0 Å². The summed E-state index contributed by atoms with van der Waals surface area (Å²) in [6.07, 6.45) is 2.47. The van der Waals surface area contributed by atoms with Gasteiger partial charge in [0.1, 0.15) is 11.4 Å². The molecule has 1 aliphatic heterocycles. The highest BCUT2D eigenvalue weighted by Crippen LogP contribution is 2.46. The molecule has 16 heavy (non-hydrogen) atoms. The molecular weight excluding hydrogens is 206 g/mol. The van der Waals surface area contributed by atoms with Crippen molar-refractivity contribution in [2.75, 3.05) is 11.4 Å². The molecule has 1 aliphatic carbocycles. The van der Waals surface area contributed by atoms with E-state index in [1.165, 1.54) is 4.90 Å². The number of carbonyl (C=O) groups excluding carboxylic acids is 1. The van der Waals surface area contributed by atoms with E-state index >= 15 is 0 Å². The van der Waals surface area contributed by atoms with Crippen molar-refractivity contribution in [3.63, 3.8) is 0 Å². The molecule has 4 nitrogen and oxygen atoms in total. The molecule has 1 N–H and O–H groups in total. The van der Waals surface area contributed by atoms with Crippen molar-refractivity contribution in [1.29, 1.82) is 0 Å². The highest BCUT2D eigenvalue weighted by atomic mass is 16.6. The number of benzene rings is 1. The Labute approximate surface area is 93.4 Å². The molecule has 0 bridgehead atoms. The third-order valence-corrected chi connectivity index (χ3v) is 3.30. The van der Waals surface area contributed by atoms with E-state index in [0.717, 1.165) is 19.3 Å². The smallest absolute Gasteiger partial charge is 0.414 e. The number of amides is 1. The van der Waals surface area contributed by atoms with Gasteiger partial charge in [0, 0.05) is 13.0 Å². The average molecular weight is 219 g/mol. The topological polar surface area (TPSA) is 49.8 Å². The summed E-state index contributed by atoms with van der Waals surface area (Å²) in [6, 6.07) is 6.83. The van der Waals surface area contributed by atoms with Gasteiger partial charge >= 0.3 is 6.09 Å². The molecule has 1 heterocycles. The van der Waals surface area contributed by atoms with Crippen molar-refractivity contribution in [3.8, 4) is 5.75 Å². The molecule has 0 radical (unpaired) electrons. The molecule has 2 aliphatic rings. The molecule has 1 spiro atoms. The Morgan fingerprint density at radius 2 is 2.00 bits per heavy atom. The number of anilines is 1. The van der Waals surface area contributed by atoms with Gasteiger partial charge in [0.15, 0.2) is 0 Å². The summed E-state index contributed by atoms with van der Waals surface area (Å²) >= 11 is 0. The Hall–Kier alpha value is -1.71. The molecular formula is C12H13NO3. The number of ether oxygens (including phenoxy) is 1. The number of phenolic OH excluding ortho intramolecular Hbond substituents is 1. The first kappa shape index (κ1) is 9.51. The molecule has 0 unspecified atom stereocenters. The second-order valence-corrected chi connectivity index (χ2v) is 4.44. The van der Waals surface area contributed by atoms with Crippen molar-refractivity contribution >= 4 is 11.8 Å². The van der Waals surface area contributed by atoms with Crippen LogP contribution in [0, 0.1) is 0 Å². The fourth-order valence-corrected chi connectivity index (χ4v) is 2.10. The van der Waals surface area contributed by atoms with Gasteiger partial charge in [-0.15, -0.1) is 0 Å². The van der Waals surface area contributed by atoms with Gasteiger partial charge in [0.05, 0.1) is 5.69 Å². The van der Waals surface area contributed by atoms with E-state index in [9.17, 15) is 9.90 Å². The molecule has 0 aromatic heterocycles. The fraction of sp³-hybridized carbons (Fsp3) is 0.417. The normalized spacial score (nSPS) is 22.0. The fourth-order valence-electron chi connectivity index (χ4n) is 2.10. The molecule has 1 aromatic carbocycles. The molecule has 0 atom stereocenters. The summed E-state index contributed by atoms with van der Waals surface area (Å²) in [6.45, 7) is 0.621. The van der Waals surface area contributed by atoms with Gasteiger partial charge in [0.2, 0.25) is 0 Å². The molecule has 1 saturated carbocycles. The summed E-state index contributed by atoms with van der Waals surface area (Å²) in [7, 11) is 0. The van der Waals surface area contributed by atoms with E-state index in [4.69, 9.17) is 4.74 Å². The second kappa shape index (κ2) is 3.14. The average Bonchev–Trinajstić information content (AvgIpc) is 3.00. The molecule has 1 saturated heterocycles. The standard InChI is InChI=1S/C12H13NO3/c14-10-4-2-1-3-9(10)13-8-7-12(5-6-12)16-11(13)15/h1-4,14H,5-8H2. The maximum Gasteiger partial charge on any atom is 0.414 e. The number of para-hydroxylation sites is 2. The van der Waals surface area contributed by atoms with Gasteiger partial charge in [-0.05, 0) is 25.0 Å². The van der Waals surface area contributed by atoms with Crippen LogP contribution < -0.4 is 4.90 Å². The third kappa shape index (κ3) is 1.41. The van der Waals surface area contributed by atoms with Crippen LogP contribution >= 0.6 is 0 Å².